The fourth-order valence-electron chi connectivity index (χ4n) is 22.0. The fraction of sp³-hybridized carbons (Fsp3) is 0.0182. The fourth-order valence-corrected chi connectivity index (χ4v) is 22.0. The van der Waals surface area contributed by atoms with Crippen LogP contribution in [-0.2, 0) is 10.8 Å². The van der Waals surface area contributed by atoms with E-state index in [0.717, 1.165) is 94.5 Å². The molecule has 1 atom stereocenters. The molecule has 22 aromatic rings. The van der Waals surface area contributed by atoms with E-state index in [1.807, 2.05) is 6.07 Å². The summed E-state index contributed by atoms with van der Waals surface area (Å²) in [5, 5.41) is 19.0. The monoisotopic (exact) mass is 1440 g/mol. The molecule has 0 saturated carbocycles. The minimum absolute atomic E-state index is 0.636. The molecule has 4 nitrogen and oxygen atoms in total. The van der Waals surface area contributed by atoms with E-state index in [-0.39, 0.29) is 0 Å². The van der Waals surface area contributed by atoms with Gasteiger partial charge in [0.1, 0.15) is 22.3 Å². The third-order valence-corrected chi connectivity index (χ3v) is 26.1. The highest BCUT2D eigenvalue weighted by Gasteiger charge is 2.56. The van der Waals surface area contributed by atoms with Gasteiger partial charge in [0.2, 0.25) is 0 Å². The Morgan fingerprint density at radius 2 is 0.588 bits per heavy atom. The molecular formula is C110H64N2O2. The van der Waals surface area contributed by atoms with Gasteiger partial charge in [0.05, 0.1) is 33.3 Å². The Balaban J connectivity index is 0.699. The lowest BCUT2D eigenvalue weighted by atomic mass is 9.68. The van der Waals surface area contributed by atoms with Gasteiger partial charge in [0.25, 0.3) is 0 Å². The van der Waals surface area contributed by atoms with Crippen LogP contribution in [0.25, 0.3) is 164 Å². The Hall–Kier alpha value is -14.8. The molecule has 4 heteroatoms. The normalized spacial score (nSPS) is 14.4. The summed E-state index contributed by atoms with van der Waals surface area (Å²) in [5.41, 5.74) is 31.0. The van der Waals surface area contributed by atoms with E-state index in [4.69, 9.17) is 8.83 Å². The van der Waals surface area contributed by atoms with Crippen LogP contribution >= 0.6 is 0 Å². The Labute approximate surface area is 656 Å². The molecule has 114 heavy (non-hydrogen) atoms. The van der Waals surface area contributed by atoms with E-state index >= 15 is 0 Å². The van der Waals surface area contributed by atoms with Crippen molar-refractivity contribution >= 4 is 143 Å². The molecule has 20 aromatic carbocycles. The van der Waals surface area contributed by atoms with Crippen LogP contribution in [-0.4, -0.2) is 0 Å². The topological polar surface area (TPSA) is 32.8 Å². The number of hydrogen-bond donors (Lipinski definition) is 0. The first-order chi connectivity index (χ1) is 56.6. The van der Waals surface area contributed by atoms with E-state index in [1.165, 1.54) is 148 Å². The summed E-state index contributed by atoms with van der Waals surface area (Å²) in [5.74, 6) is 0. The minimum Gasteiger partial charge on any atom is -0.456 e. The Morgan fingerprint density at radius 3 is 1.15 bits per heavy atom. The lowest BCUT2D eigenvalue weighted by molar-refractivity contribution is 0.669. The SMILES string of the molecule is c1ccc(N(c2ccc3oc4ccccc4c3c2)c2cc3c(c4ccccc24)C2(c4ccccc4-c4cc(-c5cccc6c5oc5cccc(N(c7ccccc7)c7cc8c(c9ccccc79)C7(c9ccccc9-c9ccccc97)c7c-8c8ccccc8c8ccccc78)c56)ccc42)c2c-3c3ccccc3c3ccccc23)cc1. The number of furan rings is 2. The molecule has 0 saturated heterocycles. The first kappa shape index (κ1) is 62.0. The predicted molar refractivity (Wildman–Crippen MR) is 473 cm³/mol. The van der Waals surface area contributed by atoms with E-state index in [2.05, 4.69) is 392 Å². The maximum absolute atomic E-state index is 7.53. The van der Waals surface area contributed by atoms with E-state index < -0.39 is 10.8 Å². The predicted octanol–water partition coefficient (Wildman–Crippen LogP) is 29.7. The molecular weight excluding hydrogens is 1380 g/mol. The summed E-state index contributed by atoms with van der Waals surface area (Å²) in [7, 11) is 0. The number of nitrogens with zero attached hydrogens (tertiary/aromatic N) is 2. The second kappa shape index (κ2) is 22.9. The average molecular weight is 1450 g/mol. The molecule has 2 spiro atoms. The van der Waals surface area contributed by atoms with Crippen LogP contribution < -0.4 is 9.80 Å². The molecule has 0 fully saturated rings. The van der Waals surface area contributed by atoms with Gasteiger partial charge in [-0.25, -0.2) is 0 Å². The number of hydrogen-bond acceptors (Lipinski definition) is 4. The number of para-hydroxylation sites is 4. The lowest BCUT2D eigenvalue weighted by Crippen LogP contribution is -2.26. The van der Waals surface area contributed by atoms with Crippen molar-refractivity contribution < 1.29 is 8.83 Å². The van der Waals surface area contributed by atoms with Crippen molar-refractivity contribution in [2.45, 2.75) is 10.8 Å². The largest absolute Gasteiger partial charge is 0.456 e. The Kier molecular flexibility index (Phi) is 12.4. The molecule has 2 aromatic heterocycles. The average Bonchev–Trinajstić information content (AvgIpc) is 1.49. The van der Waals surface area contributed by atoms with Crippen LogP contribution in [0, 0.1) is 0 Å². The molecule has 4 aliphatic carbocycles. The maximum Gasteiger partial charge on any atom is 0.143 e. The molecule has 0 radical (unpaired) electrons. The van der Waals surface area contributed by atoms with Gasteiger partial charge in [-0.3, -0.25) is 0 Å². The molecule has 0 N–H and O–H groups in total. The van der Waals surface area contributed by atoms with Gasteiger partial charge >= 0.3 is 0 Å². The molecule has 0 aliphatic heterocycles. The standard InChI is InChI=1S/C110H64N2O2/c1-3-29-66(30-4-1)111(68-58-60-99-88(62-68)79-42-22-26-55-98(79)113-99)96-63-89-101-80-43-13-7-34-71(80)73-36-10-16-46-83(73)107(101)110(105(89)84-47-17-11-40-77(84)96)93-53-25-21-39-76(93)87-61-65(57-59-94(87)110)69-49-27-50-86-103-95(54-28-56-100(103)114-108(69)86)112(67-31-5-2-6-32-67)97-64-90-102-81-44-14-8-33-70(81)72-35-9-15-45-82(72)106(102)109(104(90)85-48-18-12-41-78(85)97)91-51-23-19-37-74(91)75-38-20-24-52-92(75)109/h1-64H. The van der Waals surface area contributed by atoms with E-state index in [0.29, 0.717) is 0 Å². The van der Waals surface area contributed by atoms with Crippen molar-refractivity contribution in [1.29, 1.82) is 0 Å². The molecule has 0 amide bonds. The minimum atomic E-state index is -0.762. The summed E-state index contributed by atoms with van der Waals surface area (Å²) < 4.78 is 14.0. The van der Waals surface area contributed by atoms with Crippen molar-refractivity contribution in [3.05, 3.63) is 433 Å². The van der Waals surface area contributed by atoms with Crippen molar-refractivity contribution in [2.24, 2.45) is 0 Å². The van der Waals surface area contributed by atoms with Crippen LogP contribution in [0.5, 0.6) is 0 Å². The number of fused-ring (bicyclic) bond motifs is 40. The third-order valence-electron chi connectivity index (χ3n) is 26.1. The Bertz CT molecular complexity index is 7980. The maximum atomic E-state index is 7.53. The van der Waals surface area contributed by atoms with Gasteiger partial charge < -0.3 is 18.6 Å². The highest BCUT2D eigenvalue weighted by Crippen LogP contribution is 2.71. The molecule has 2 heterocycles. The summed E-state index contributed by atoms with van der Waals surface area (Å²) in [6, 6.07) is 146. The zero-order valence-corrected chi connectivity index (χ0v) is 61.7. The summed E-state index contributed by atoms with van der Waals surface area (Å²) >= 11 is 0. The van der Waals surface area contributed by atoms with Gasteiger partial charge in [0, 0.05) is 49.6 Å². The second-order valence-electron chi connectivity index (χ2n) is 31.4. The van der Waals surface area contributed by atoms with Gasteiger partial charge in [-0.05, 0) is 227 Å². The molecule has 4 aliphatic rings. The summed E-state index contributed by atoms with van der Waals surface area (Å²) in [6.45, 7) is 0. The highest BCUT2D eigenvalue weighted by molar-refractivity contribution is 6.26. The Morgan fingerprint density at radius 1 is 0.193 bits per heavy atom. The number of anilines is 6. The first-order valence-electron chi connectivity index (χ1n) is 39.6. The van der Waals surface area contributed by atoms with Crippen LogP contribution in [0.1, 0.15) is 44.5 Å². The van der Waals surface area contributed by atoms with E-state index in [1.54, 1.807) is 0 Å². The smallest absolute Gasteiger partial charge is 0.143 e. The van der Waals surface area contributed by atoms with Gasteiger partial charge in [-0.1, -0.05) is 309 Å². The van der Waals surface area contributed by atoms with Crippen LogP contribution in [0.4, 0.5) is 34.1 Å². The third kappa shape index (κ3) is 7.90. The van der Waals surface area contributed by atoms with Crippen LogP contribution in [0.15, 0.2) is 397 Å². The van der Waals surface area contributed by atoms with Crippen LogP contribution in [0.3, 0.4) is 0 Å². The first-order valence-corrected chi connectivity index (χ1v) is 39.6. The molecule has 1 unspecified atom stereocenters. The highest BCUT2D eigenvalue weighted by atomic mass is 16.3. The van der Waals surface area contributed by atoms with Crippen molar-refractivity contribution in [2.75, 3.05) is 9.80 Å². The van der Waals surface area contributed by atoms with Crippen molar-refractivity contribution in [3.8, 4) is 55.6 Å². The summed E-state index contributed by atoms with van der Waals surface area (Å²) in [6.07, 6.45) is 0. The molecule has 26 rings (SSSR count). The molecule has 0 bridgehead atoms. The van der Waals surface area contributed by atoms with Crippen molar-refractivity contribution in [1.82, 2.24) is 0 Å². The second-order valence-corrected chi connectivity index (χ2v) is 31.4. The quantitative estimate of drug-likeness (QED) is 0.149. The zero-order chi connectivity index (χ0) is 74.2. The number of benzene rings is 20. The van der Waals surface area contributed by atoms with Crippen molar-refractivity contribution in [3.63, 3.8) is 0 Å². The number of rotatable bonds is 7. The van der Waals surface area contributed by atoms with E-state index in [9.17, 15) is 0 Å². The summed E-state index contributed by atoms with van der Waals surface area (Å²) in [4.78, 5) is 5.00. The van der Waals surface area contributed by atoms with Gasteiger partial charge in [-0.15, -0.1) is 0 Å². The lowest BCUT2D eigenvalue weighted by Gasteiger charge is -2.34. The molecule has 526 valence electrons. The van der Waals surface area contributed by atoms with Gasteiger partial charge in [-0.2, -0.15) is 0 Å². The van der Waals surface area contributed by atoms with Gasteiger partial charge in [0.15, 0.2) is 0 Å². The zero-order valence-electron chi connectivity index (χ0n) is 61.7. The van der Waals surface area contributed by atoms with Crippen LogP contribution in [0.2, 0.25) is 0 Å².